The number of benzene rings is 2. The minimum absolute atomic E-state index is 0.159. The standard InChI is InChI=1S/C26H38N2O4/c1-20-23(7-3-9-25(20)31-17-5-12-27-13-16-29)24-8-4-10-26(21(24)2)32-18-6-14-28-15-11-22(30)19-28/h3-4,7-10,22,27,29-30H,5-6,11-19H2,1-2H3/t22-/m1/s1. The molecule has 1 aliphatic rings. The second-order valence-electron chi connectivity index (χ2n) is 8.48. The summed E-state index contributed by atoms with van der Waals surface area (Å²) in [4.78, 5) is 2.30. The van der Waals surface area contributed by atoms with E-state index >= 15 is 0 Å². The zero-order valence-electron chi connectivity index (χ0n) is 19.5. The highest BCUT2D eigenvalue weighted by Crippen LogP contribution is 2.35. The number of nitrogens with one attached hydrogen (secondary N) is 1. The van der Waals surface area contributed by atoms with E-state index in [4.69, 9.17) is 14.6 Å². The first-order chi connectivity index (χ1) is 15.6. The number of β-amino-alcohol motifs (C(OH)–C–C–N with tert-alkyl or cyclic N) is 1. The van der Waals surface area contributed by atoms with E-state index in [1.807, 2.05) is 24.3 Å². The zero-order valence-corrected chi connectivity index (χ0v) is 19.5. The van der Waals surface area contributed by atoms with Crippen LogP contribution in [-0.2, 0) is 0 Å². The Hall–Kier alpha value is -2.12. The third kappa shape index (κ3) is 6.94. The molecule has 0 aliphatic carbocycles. The lowest BCUT2D eigenvalue weighted by molar-refractivity contribution is 0.173. The van der Waals surface area contributed by atoms with Crippen molar-refractivity contribution in [2.24, 2.45) is 0 Å². The summed E-state index contributed by atoms with van der Waals surface area (Å²) >= 11 is 0. The Kier molecular flexibility index (Phi) is 9.81. The van der Waals surface area contributed by atoms with Gasteiger partial charge in [0.25, 0.3) is 0 Å². The number of nitrogens with zero attached hydrogens (tertiary/aromatic N) is 1. The van der Waals surface area contributed by atoms with Crippen LogP contribution in [0.4, 0.5) is 0 Å². The molecule has 0 radical (unpaired) electrons. The molecule has 1 heterocycles. The lowest BCUT2D eigenvalue weighted by Gasteiger charge is -2.18. The molecule has 6 heteroatoms. The maximum atomic E-state index is 9.65. The minimum Gasteiger partial charge on any atom is -0.493 e. The van der Waals surface area contributed by atoms with Crippen LogP contribution >= 0.6 is 0 Å². The van der Waals surface area contributed by atoms with Crippen LogP contribution in [0.3, 0.4) is 0 Å². The van der Waals surface area contributed by atoms with Gasteiger partial charge in [0.15, 0.2) is 0 Å². The second-order valence-corrected chi connectivity index (χ2v) is 8.48. The fraction of sp³-hybridized carbons (Fsp3) is 0.538. The van der Waals surface area contributed by atoms with Gasteiger partial charge >= 0.3 is 0 Å². The number of hydrogen-bond donors (Lipinski definition) is 3. The van der Waals surface area contributed by atoms with E-state index in [-0.39, 0.29) is 12.7 Å². The lowest BCUT2D eigenvalue weighted by Crippen LogP contribution is -2.24. The van der Waals surface area contributed by atoms with Crippen molar-refractivity contribution < 1.29 is 19.7 Å². The topological polar surface area (TPSA) is 74.2 Å². The molecule has 0 saturated carbocycles. The Bertz CT molecular complexity index is 843. The van der Waals surface area contributed by atoms with Crippen LogP contribution in [0.25, 0.3) is 11.1 Å². The van der Waals surface area contributed by atoms with E-state index in [9.17, 15) is 5.11 Å². The van der Waals surface area contributed by atoms with Crippen molar-refractivity contribution in [2.45, 2.75) is 39.2 Å². The summed E-state index contributed by atoms with van der Waals surface area (Å²) in [6.07, 6.45) is 2.56. The molecule has 176 valence electrons. The summed E-state index contributed by atoms with van der Waals surface area (Å²) in [7, 11) is 0. The third-order valence-electron chi connectivity index (χ3n) is 6.03. The largest absolute Gasteiger partial charge is 0.493 e. The molecule has 1 atom stereocenters. The molecule has 2 aromatic rings. The van der Waals surface area contributed by atoms with Crippen LogP contribution in [-0.4, -0.2) is 73.8 Å². The Morgan fingerprint density at radius 1 is 0.938 bits per heavy atom. The number of ether oxygens (including phenoxy) is 2. The quantitative estimate of drug-likeness (QED) is 0.414. The van der Waals surface area contributed by atoms with Crippen LogP contribution in [0.2, 0.25) is 0 Å². The molecule has 6 nitrogen and oxygen atoms in total. The molecule has 0 spiro atoms. The summed E-state index contributed by atoms with van der Waals surface area (Å²) in [5.74, 6) is 1.83. The smallest absolute Gasteiger partial charge is 0.122 e. The fourth-order valence-corrected chi connectivity index (χ4v) is 4.19. The van der Waals surface area contributed by atoms with Gasteiger partial charge in [0, 0.05) is 26.2 Å². The van der Waals surface area contributed by atoms with Gasteiger partial charge in [-0.05, 0) is 74.0 Å². The van der Waals surface area contributed by atoms with Gasteiger partial charge in [-0.1, -0.05) is 24.3 Å². The molecule has 0 unspecified atom stereocenters. The Morgan fingerprint density at radius 3 is 2.12 bits per heavy atom. The van der Waals surface area contributed by atoms with Crippen molar-refractivity contribution in [3.05, 3.63) is 47.5 Å². The SMILES string of the molecule is Cc1c(OCCCNCCO)cccc1-c1cccc(OCCCN2CC[C@@H](O)C2)c1C. The summed E-state index contributed by atoms with van der Waals surface area (Å²) in [6, 6.07) is 12.4. The molecule has 0 bridgehead atoms. The normalized spacial score (nSPS) is 16.4. The van der Waals surface area contributed by atoms with E-state index in [0.29, 0.717) is 19.8 Å². The van der Waals surface area contributed by atoms with E-state index < -0.39 is 0 Å². The first kappa shape index (κ1) is 24.5. The Balaban J connectivity index is 1.57. The van der Waals surface area contributed by atoms with E-state index in [0.717, 1.165) is 79.2 Å². The molecule has 1 aliphatic heterocycles. The minimum atomic E-state index is -0.166. The van der Waals surface area contributed by atoms with Crippen molar-refractivity contribution >= 4 is 0 Å². The van der Waals surface area contributed by atoms with E-state index in [2.05, 4.69) is 36.2 Å². The highest BCUT2D eigenvalue weighted by molar-refractivity contribution is 5.74. The van der Waals surface area contributed by atoms with Crippen molar-refractivity contribution in [1.29, 1.82) is 0 Å². The number of aliphatic hydroxyl groups is 2. The second kappa shape index (κ2) is 12.8. The third-order valence-corrected chi connectivity index (χ3v) is 6.03. The molecular formula is C26H38N2O4. The average Bonchev–Trinajstić information content (AvgIpc) is 3.21. The van der Waals surface area contributed by atoms with Crippen LogP contribution in [0.15, 0.2) is 36.4 Å². The van der Waals surface area contributed by atoms with Crippen molar-refractivity contribution in [3.8, 4) is 22.6 Å². The molecule has 2 aromatic carbocycles. The van der Waals surface area contributed by atoms with Crippen LogP contribution in [0, 0.1) is 13.8 Å². The predicted molar refractivity (Wildman–Crippen MR) is 129 cm³/mol. The summed E-state index contributed by atoms with van der Waals surface area (Å²) < 4.78 is 12.2. The highest BCUT2D eigenvalue weighted by Gasteiger charge is 2.19. The number of rotatable bonds is 13. The monoisotopic (exact) mass is 442 g/mol. The Morgan fingerprint density at radius 2 is 1.56 bits per heavy atom. The van der Waals surface area contributed by atoms with Crippen LogP contribution < -0.4 is 14.8 Å². The van der Waals surface area contributed by atoms with Gasteiger partial charge in [-0.15, -0.1) is 0 Å². The molecule has 3 rings (SSSR count). The molecule has 1 fully saturated rings. The maximum Gasteiger partial charge on any atom is 0.122 e. The predicted octanol–water partition coefficient (Wildman–Crippen LogP) is 3.16. The highest BCUT2D eigenvalue weighted by atomic mass is 16.5. The maximum absolute atomic E-state index is 9.65. The summed E-state index contributed by atoms with van der Waals surface area (Å²) in [5, 5.41) is 21.6. The van der Waals surface area contributed by atoms with Gasteiger partial charge in [0.2, 0.25) is 0 Å². The van der Waals surface area contributed by atoms with Gasteiger partial charge in [-0.3, -0.25) is 0 Å². The zero-order chi connectivity index (χ0) is 22.8. The van der Waals surface area contributed by atoms with Crippen molar-refractivity contribution in [1.82, 2.24) is 10.2 Å². The number of likely N-dealkylation sites (tertiary alicyclic amines) is 1. The van der Waals surface area contributed by atoms with Gasteiger partial charge in [0.1, 0.15) is 11.5 Å². The number of hydrogen-bond acceptors (Lipinski definition) is 6. The molecule has 3 N–H and O–H groups in total. The van der Waals surface area contributed by atoms with E-state index in [1.165, 1.54) is 0 Å². The van der Waals surface area contributed by atoms with Crippen molar-refractivity contribution in [2.75, 3.05) is 52.5 Å². The van der Waals surface area contributed by atoms with Gasteiger partial charge in [-0.2, -0.15) is 0 Å². The van der Waals surface area contributed by atoms with Crippen LogP contribution in [0.5, 0.6) is 11.5 Å². The van der Waals surface area contributed by atoms with E-state index in [1.54, 1.807) is 0 Å². The molecule has 32 heavy (non-hydrogen) atoms. The number of aliphatic hydroxyl groups excluding tert-OH is 2. The molecular weight excluding hydrogens is 404 g/mol. The van der Waals surface area contributed by atoms with Crippen molar-refractivity contribution in [3.63, 3.8) is 0 Å². The first-order valence-electron chi connectivity index (χ1n) is 11.8. The van der Waals surface area contributed by atoms with Crippen LogP contribution in [0.1, 0.15) is 30.4 Å². The molecule has 0 aromatic heterocycles. The molecule has 0 amide bonds. The van der Waals surface area contributed by atoms with Gasteiger partial charge < -0.3 is 29.9 Å². The lowest BCUT2D eigenvalue weighted by atomic mass is 9.95. The summed E-state index contributed by atoms with van der Waals surface area (Å²) in [6.45, 7) is 9.85. The van der Waals surface area contributed by atoms with Gasteiger partial charge in [-0.25, -0.2) is 0 Å². The Labute approximate surface area is 192 Å². The summed E-state index contributed by atoms with van der Waals surface area (Å²) in [5.41, 5.74) is 4.59. The van der Waals surface area contributed by atoms with Gasteiger partial charge in [0.05, 0.1) is 25.9 Å². The fourth-order valence-electron chi connectivity index (χ4n) is 4.19. The first-order valence-corrected chi connectivity index (χ1v) is 11.8. The average molecular weight is 443 g/mol. The molecule has 1 saturated heterocycles.